The highest BCUT2D eigenvalue weighted by molar-refractivity contribution is 6.29. The molecule has 0 radical (unpaired) electrons. The van der Waals surface area contributed by atoms with Crippen molar-refractivity contribution in [1.82, 2.24) is 13.5 Å². The van der Waals surface area contributed by atoms with Gasteiger partial charge in [-0.1, -0.05) is 96.7 Å². The van der Waals surface area contributed by atoms with Crippen molar-refractivity contribution in [1.29, 1.82) is 0 Å². The van der Waals surface area contributed by atoms with Crippen LogP contribution in [0, 0.1) is 0 Å². The van der Waals surface area contributed by atoms with Gasteiger partial charge in [0.15, 0.2) is 0 Å². The third-order valence-electron chi connectivity index (χ3n) is 8.21. The van der Waals surface area contributed by atoms with Crippen LogP contribution in [0.5, 0.6) is 0 Å². The Morgan fingerprint density at radius 3 is 1.56 bits per heavy atom. The SMILES string of the molecule is [2H]c1c([2H])c([2H])c(-n2c3c([2H])c([2H])c([2H])c([2H])c3c3c4c5c([2H])c([2H])c([2H])c([2H])c5n(-c5c([2H])c([2H])c6c7c([2H])cc([2H])c8c9c([2H])c([2H])c([2H])c([2H])c9n(c6c5[2H])c87)c4c([2H])c([2H])c32)c([2H])c1[2H]. The minimum Gasteiger partial charge on any atom is -0.309 e. The van der Waals surface area contributed by atoms with E-state index in [4.69, 9.17) is 21.9 Å². The van der Waals surface area contributed by atoms with E-state index in [0.29, 0.717) is 0 Å². The third kappa shape index (κ3) is 2.86. The maximum atomic E-state index is 10.0. The Kier molecular flexibility index (Phi) is 1.95. The molecule has 0 amide bonds. The largest absolute Gasteiger partial charge is 0.309 e. The number of rotatable bonds is 2. The first kappa shape index (κ1) is 10.5. The Balaban J connectivity index is 1.48. The fourth-order valence-electron chi connectivity index (χ4n) is 6.52. The standard InChI is InChI=1S/C42H25N3/c1-2-11-26(12-3-1)43-35-19-8-5-14-32(35)40-37(43)23-24-38-41(40)33-15-6-9-20-36(33)44(38)27-21-22-29-31-17-10-16-30-28-13-4-7-18-34(28)45(42(30)31)39(29)25-27/h1-25H/i1D,2D,3D,4D,5D,6D,7D,8D,9D,11D,12D,13D,14D,15D,16D,17D,18D,19D,20D,21D,22D,23D,24D,25D. The maximum Gasteiger partial charge on any atom is 0.0667 e. The van der Waals surface area contributed by atoms with Crippen LogP contribution in [0.1, 0.15) is 32.9 Å². The van der Waals surface area contributed by atoms with Crippen molar-refractivity contribution in [2.24, 2.45) is 0 Å². The molecular formula is C42H25N3. The van der Waals surface area contributed by atoms with Crippen LogP contribution < -0.4 is 0 Å². The highest BCUT2D eigenvalue weighted by Gasteiger charge is 2.22. The lowest BCUT2D eigenvalue weighted by Gasteiger charge is -2.10. The van der Waals surface area contributed by atoms with E-state index in [1.165, 1.54) is 4.40 Å². The van der Waals surface area contributed by atoms with Gasteiger partial charge in [0.25, 0.3) is 0 Å². The monoisotopic (exact) mass is 595 g/mol. The molecule has 11 aromatic rings. The van der Waals surface area contributed by atoms with Crippen LogP contribution in [0.4, 0.5) is 0 Å². The lowest BCUT2D eigenvalue weighted by atomic mass is 10.1. The van der Waals surface area contributed by atoms with Crippen molar-refractivity contribution >= 4 is 81.7 Å². The van der Waals surface area contributed by atoms with Crippen LogP contribution in [0.15, 0.2) is 151 Å². The van der Waals surface area contributed by atoms with E-state index in [-0.39, 0.29) is 50.2 Å². The highest BCUT2D eigenvalue weighted by Crippen LogP contribution is 2.44. The van der Waals surface area contributed by atoms with Gasteiger partial charge in [-0.2, -0.15) is 0 Å². The lowest BCUT2D eigenvalue weighted by Crippen LogP contribution is -1.95. The molecule has 0 saturated carbocycles. The number of nitrogens with zero attached hydrogens (tertiary/aromatic N) is 3. The van der Waals surface area contributed by atoms with Gasteiger partial charge >= 0.3 is 0 Å². The average molecular weight is 596 g/mol. The minimum absolute atomic E-state index is 0.0434. The highest BCUT2D eigenvalue weighted by atomic mass is 15.0. The zero-order valence-corrected chi connectivity index (χ0v) is 22.4. The summed E-state index contributed by atoms with van der Waals surface area (Å²) in [5.41, 5.74) is -4.12. The predicted molar refractivity (Wildman–Crippen MR) is 190 cm³/mol. The molecule has 0 atom stereocenters. The van der Waals surface area contributed by atoms with Crippen LogP contribution >= 0.6 is 0 Å². The van der Waals surface area contributed by atoms with Crippen molar-refractivity contribution < 1.29 is 32.9 Å². The first-order chi connectivity index (χ1) is 32.3. The Morgan fingerprint density at radius 1 is 0.356 bits per heavy atom. The Bertz CT molecular complexity index is 4320. The number of fused-ring (bicyclic) bond motifs is 13. The molecule has 0 fully saturated rings. The summed E-state index contributed by atoms with van der Waals surface area (Å²) in [4.78, 5) is 0. The van der Waals surface area contributed by atoms with Crippen LogP contribution in [0.2, 0.25) is 0 Å². The minimum atomic E-state index is -0.874. The van der Waals surface area contributed by atoms with Crippen LogP contribution in [-0.4, -0.2) is 13.5 Å². The topological polar surface area (TPSA) is 14.3 Å². The molecule has 0 unspecified atom stereocenters. The molecule has 0 aliphatic rings. The van der Waals surface area contributed by atoms with Gasteiger partial charge in [0.05, 0.1) is 71.5 Å². The normalized spacial score (nSPS) is 19.9. The smallest absolute Gasteiger partial charge is 0.0667 e. The van der Waals surface area contributed by atoms with Gasteiger partial charge in [0.2, 0.25) is 0 Å². The molecule has 0 bridgehead atoms. The molecule has 4 heterocycles. The molecule has 3 heteroatoms. The van der Waals surface area contributed by atoms with Gasteiger partial charge in [0, 0.05) is 54.5 Å². The van der Waals surface area contributed by atoms with Crippen LogP contribution in [0.3, 0.4) is 0 Å². The van der Waals surface area contributed by atoms with Crippen LogP contribution in [0.25, 0.3) is 93.1 Å². The molecule has 11 rings (SSSR count). The predicted octanol–water partition coefficient (Wildman–Crippen LogP) is 11.0. The van der Waals surface area contributed by atoms with Gasteiger partial charge in [-0.05, 0) is 54.4 Å². The number of hydrogen-bond acceptors (Lipinski definition) is 0. The van der Waals surface area contributed by atoms with E-state index in [9.17, 15) is 11.0 Å². The molecule has 4 aromatic heterocycles. The maximum absolute atomic E-state index is 10.0. The summed E-state index contributed by atoms with van der Waals surface area (Å²) in [7, 11) is 0. The molecule has 0 saturated heterocycles. The molecule has 0 spiro atoms. The number of benzene rings is 7. The van der Waals surface area contributed by atoms with E-state index >= 15 is 0 Å². The van der Waals surface area contributed by atoms with Gasteiger partial charge in [-0.15, -0.1) is 0 Å². The molecular weight excluding hydrogens is 546 g/mol. The first-order valence-electron chi connectivity index (χ1n) is 25.6. The van der Waals surface area contributed by atoms with E-state index in [2.05, 4.69) is 0 Å². The Labute approximate surface area is 291 Å². The van der Waals surface area contributed by atoms with Crippen molar-refractivity contribution in [3.05, 3.63) is 151 Å². The first-order valence-corrected chi connectivity index (χ1v) is 13.6. The number of hydrogen-bond donors (Lipinski definition) is 0. The molecule has 0 aliphatic heterocycles. The quantitative estimate of drug-likeness (QED) is 0.189. The molecule has 45 heavy (non-hydrogen) atoms. The molecule has 7 aromatic carbocycles. The summed E-state index contributed by atoms with van der Waals surface area (Å²) in [5, 5.41) is -2.23. The zero-order chi connectivity index (χ0) is 50.1. The van der Waals surface area contributed by atoms with Crippen molar-refractivity contribution in [3.8, 4) is 11.4 Å². The Morgan fingerprint density at radius 2 is 0.889 bits per heavy atom. The summed E-state index contributed by atoms with van der Waals surface area (Å²) in [6.45, 7) is 0. The molecule has 208 valence electrons. The lowest BCUT2D eigenvalue weighted by molar-refractivity contribution is 1.17. The fraction of sp³-hybridized carbons (Fsp3) is 0. The second-order valence-electron chi connectivity index (χ2n) is 10.3. The summed E-state index contributed by atoms with van der Waals surface area (Å²) >= 11 is 0. The van der Waals surface area contributed by atoms with Gasteiger partial charge < -0.3 is 13.5 Å². The molecule has 0 N–H and O–H groups in total. The van der Waals surface area contributed by atoms with Gasteiger partial charge in [-0.3, -0.25) is 0 Å². The van der Waals surface area contributed by atoms with Crippen molar-refractivity contribution in [2.75, 3.05) is 0 Å². The molecule has 0 aliphatic carbocycles. The summed E-state index contributed by atoms with van der Waals surface area (Å²) in [6.07, 6.45) is 0. The van der Waals surface area contributed by atoms with E-state index in [1.54, 1.807) is 0 Å². The number of aromatic nitrogens is 3. The van der Waals surface area contributed by atoms with E-state index in [0.717, 1.165) is 15.2 Å². The Hall–Kier alpha value is -6.06. The summed E-state index contributed by atoms with van der Waals surface area (Å²) < 4.78 is 220. The third-order valence-corrected chi connectivity index (χ3v) is 8.21. The second-order valence-corrected chi connectivity index (χ2v) is 10.3. The summed E-state index contributed by atoms with van der Waals surface area (Å²) in [5.74, 6) is 0. The van der Waals surface area contributed by atoms with Crippen molar-refractivity contribution in [3.63, 3.8) is 0 Å². The van der Waals surface area contributed by atoms with E-state index < -0.39 is 188 Å². The molecule has 3 nitrogen and oxygen atoms in total. The fourth-order valence-corrected chi connectivity index (χ4v) is 6.52. The van der Waals surface area contributed by atoms with Gasteiger partial charge in [0.1, 0.15) is 0 Å². The van der Waals surface area contributed by atoms with E-state index in [1.807, 2.05) is 0 Å². The average Bonchev–Trinajstić information content (AvgIpc) is 4.06. The summed E-state index contributed by atoms with van der Waals surface area (Å²) in [6, 6.07) is -17.0. The zero-order valence-electron chi connectivity index (χ0n) is 46.4. The van der Waals surface area contributed by atoms with Gasteiger partial charge in [-0.25, -0.2) is 0 Å². The second kappa shape index (κ2) is 8.31. The number of para-hydroxylation sites is 5. The van der Waals surface area contributed by atoms with Crippen molar-refractivity contribution in [2.45, 2.75) is 0 Å². The van der Waals surface area contributed by atoms with Crippen LogP contribution in [-0.2, 0) is 0 Å².